The minimum Gasteiger partial charge on any atom is -0.494 e. The van der Waals surface area contributed by atoms with Gasteiger partial charge in [0.15, 0.2) is 0 Å². The molecule has 272 valence electrons. The van der Waals surface area contributed by atoms with E-state index in [4.69, 9.17) is 15.2 Å². The molecular weight excluding hydrogens is 659 g/mol. The summed E-state index contributed by atoms with van der Waals surface area (Å²) >= 11 is 0. The summed E-state index contributed by atoms with van der Waals surface area (Å²) in [6.07, 6.45) is 4.16. The van der Waals surface area contributed by atoms with Gasteiger partial charge in [-0.1, -0.05) is 39.0 Å². The number of carbonyl (C=O) groups excluding carboxylic acids is 3. The van der Waals surface area contributed by atoms with Crippen molar-refractivity contribution in [2.75, 3.05) is 32.5 Å². The summed E-state index contributed by atoms with van der Waals surface area (Å²) in [5, 5.41) is 5.56. The minimum absolute atomic E-state index is 0.0105. The predicted molar refractivity (Wildman–Crippen MR) is 193 cm³/mol. The molecule has 1 aromatic heterocycles. The largest absolute Gasteiger partial charge is 0.494 e. The fraction of sp³-hybridized carbons (Fsp3) is 0.459. The van der Waals surface area contributed by atoms with E-state index >= 15 is 0 Å². The van der Waals surface area contributed by atoms with Crippen molar-refractivity contribution in [1.82, 2.24) is 20.3 Å². The Morgan fingerprint density at radius 2 is 1.62 bits per heavy atom. The number of hydrogen-bond acceptors (Lipinski definition) is 9. The number of nitrogens with zero attached hydrogens (tertiary/aromatic N) is 1. The number of nitrogen functional groups attached to an aromatic ring is 1. The number of nitrogens with one attached hydrogen (secondary N) is 3. The van der Waals surface area contributed by atoms with Gasteiger partial charge in [-0.15, -0.1) is 0 Å². The molecule has 12 nitrogen and oxygen atoms in total. The topological polar surface area (TPSA) is 179 Å². The average Bonchev–Trinajstić information content (AvgIpc) is 3.05. The van der Waals surface area contributed by atoms with Crippen molar-refractivity contribution >= 4 is 33.6 Å². The number of amides is 2. The van der Waals surface area contributed by atoms with Gasteiger partial charge < -0.3 is 25.8 Å². The molecule has 13 heteroatoms. The summed E-state index contributed by atoms with van der Waals surface area (Å²) in [7, 11) is -3.08. The van der Waals surface area contributed by atoms with Crippen molar-refractivity contribution in [3.63, 3.8) is 0 Å². The molecule has 2 aromatic carbocycles. The molecule has 0 fully saturated rings. The second-order valence-electron chi connectivity index (χ2n) is 13.5. The lowest BCUT2D eigenvalue weighted by Gasteiger charge is -2.20. The highest BCUT2D eigenvalue weighted by molar-refractivity contribution is 7.89. The third-order valence-electron chi connectivity index (χ3n) is 7.91. The van der Waals surface area contributed by atoms with Crippen LogP contribution in [0.25, 0.3) is 0 Å². The Morgan fingerprint density at radius 3 is 2.24 bits per heavy atom. The fourth-order valence-electron chi connectivity index (χ4n) is 5.37. The van der Waals surface area contributed by atoms with Crippen LogP contribution in [0, 0.1) is 19.3 Å². The number of pyridine rings is 1. The van der Waals surface area contributed by atoms with Crippen LogP contribution >= 0.6 is 0 Å². The SMILES string of the molecule is COC(=O)C(CNC(=O)c1ccc(CCc2cccc(N)n2)cc1)NS(=O)(=O)c1c(C)cc(OCCCC(=O)NCCCC(C)(C)C)cc1C. The molecule has 0 saturated carbocycles. The van der Waals surface area contributed by atoms with Crippen molar-refractivity contribution < 1.29 is 32.3 Å². The molecule has 1 unspecified atom stereocenters. The van der Waals surface area contributed by atoms with Crippen molar-refractivity contribution in [1.29, 1.82) is 0 Å². The number of sulfonamides is 1. The zero-order valence-corrected chi connectivity index (χ0v) is 30.7. The van der Waals surface area contributed by atoms with Gasteiger partial charge in [0, 0.05) is 30.8 Å². The van der Waals surface area contributed by atoms with Crippen LogP contribution in [0.4, 0.5) is 5.82 Å². The maximum Gasteiger partial charge on any atom is 0.325 e. The molecule has 0 aliphatic rings. The van der Waals surface area contributed by atoms with Crippen LogP contribution in [0.2, 0.25) is 0 Å². The molecule has 0 radical (unpaired) electrons. The molecule has 50 heavy (non-hydrogen) atoms. The quantitative estimate of drug-likeness (QED) is 0.110. The number of anilines is 1. The maximum atomic E-state index is 13.5. The molecule has 3 aromatic rings. The van der Waals surface area contributed by atoms with E-state index in [0.717, 1.165) is 31.2 Å². The summed E-state index contributed by atoms with van der Waals surface area (Å²) in [5.41, 5.74) is 9.01. The zero-order chi connectivity index (χ0) is 36.9. The van der Waals surface area contributed by atoms with Crippen LogP contribution in [0.15, 0.2) is 59.5 Å². The average molecular weight is 710 g/mol. The maximum absolute atomic E-state index is 13.5. The highest BCUT2D eigenvalue weighted by Crippen LogP contribution is 2.26. The van der Waals surface area contributed by atoms with E-state index in [2.05, 4.69) is 41.1 Å². The Hall–Kier alpha value is -4.49. The first-order valence-electron chi connectivity index (χ1n) is 16.8. The Bertz CT molecular complexity index is 1700. The summed E-state index contributed by atoms with van der Waals surface area (Å²) in [6.45, 7) is 10.4. The first-order chi connectivity index (χ1) is 23.6. The van der Waals surface area contributed by atoms with Crippen molar-refractivity contribution in [2.45, 2.75) is 84.1 Å². The normalized spacial score (nSPS) is 12.2. The molecule has 0 aliphatic heterocycles. The number of aryl methyl sites for hydroxylation is 4. The van der Waals surface area contributed by atoms with E-state index in [1.807, 2.05) is 24.3 Å². The van der Waals surface area contributed by atoms with E-state index < -0.39 is 27.9 Å². The third-order valence-corrected chi connectivity index (χ3v) is 9.69. The zero-order valence-electron chi connectivity index (χ0n) is 29.9. The number of rotatable bonds is 18. The van der Waals surface area contributed by atoms with Gasteiger partial charge in [0.2, 0.25) is 15.9 Å². The fourth-order valence-corrected chi connectivity index (χ4v) is 7.00. The summed E-state index contributed by atoms with van der Waals surface area (Å²) in [6, 6.07) is 14.3. The van der Waals surface area contributed by atoms with E-state index in [9.17, 15) is 22.8 Å². The Kier molecular flexibility index (Phi) is 14.8. The summed E-state index contributed by atoms with van der Waals surface area (Å²) in [5.74, 6) is -0.436. The standard InChI is InChI=1S/C37H51N5O7S/c1-25-22-30(49-21-8-12-33(43)39-20-9-19-37(3,4)5)23-26(2)34(25)50(46,47)42-31(36(45)48-6)24-40-35(44)28-16-13-27(14-17-28)15-18-29-10-7-11-32(38)41-29/h7,10-11,13-14,16-17,22-23,31,42H,8-9,12,15,18-21,24H2,1-6H3,(H2,38,41)(H,39,43)(H,40,44). The minimum atomic E-state index is -4.22. The Balaban J connectivity index is 1.54. The van der Waals surface area contributed by atoms with Crippen LogP contribution in [0.3, 0.4) is 0 Å². The molecule has 2 amide bonds. The number of ether oxygens (including phenoxy) is 2. The lowest BCUT2D eigenvalue weighted by atomic mass is 9.91. The molecule has 0 bridgehead atoms. The molecular formula is C37H51N5O7S. The molecule has 1 heterocycles. The first-order valence-corrected chi connectivity index (χ1v) is 18.3. The van der Waals surface area contributed by atoms with Gasteiger partial charge in [0.1, 0.15) is 17.6 Å². The smallest absolute Gasteiger partial charge is 0.325 e. The van der Waals surface area contributed by atoms with Crippen LogP contribution in [0.5, 0.6) is 5.75 Å². The second kappa shape index (κ2) is 18.5. The van der Waals surface area contributed by atoms with Crippen LogP contribution < -0.4 is 25.8 Å². The highest BCUT2D eigenvalue weighted by atomic mass is 32.2. The van der Waals surface area contributed by atoms with Crippen molar-refractivity contribution in [3.8, 4) is 5.75 Å². The van der Waals surface area contributed by atoms with Crippen LogP contribution in [-0.4, -0.2) is 64.0 Å². The number of methoxy groups -OCH3 is 1. The molecule has 1 atom stereocenters. The van der Waals surface area contributed by atoms with Crippen LogP contribution in [-0.2, 0) is 37.2 Å². The van der Waals surface area contributed by atoms with E-state index in [1.54, 1.807) is 44.2 Å². The Morgan fingerprint density at radius 1 is 0.940 bits per heavy atom. The van der Waals surface area contributed by atoms with Gasteiger partial charge in [-0.25, -0.2) is 13.4 Å². The van der Waals surface area contributed by atoms with Gasteiger partial charge >= 0.3 is 5.97 Å². The van der Waals surface area contributed by atoms with Crippen LogP contribution in [0.1, 0.15) is 79.2 Å². The van der Waals surface area contributed by atoms with Gasteiger partial charge in [-0.05, 0) is 104 Å². The van der Waals surface area contributed by atoms with Gasteiger partial charge in [-0.2, -0.15) is 4.72 Å². The number of aromatic nitrogens is 1. The molecule has 5 N–H and O–H groups in total. The van der Waals surface area contributed by atoms with Gasteiger partial charge in [-0.3, -0.25) is 14.4 Å². The highest BCUT2D eigenvalue weighted by Gasteiger charge is 2.29. The van der Waals surface area contributed by atoms with Gasteiger partial charge in [0.25, 0.3) is 5.91 Å². The number of nitrogens with two attached hydrogens (primary N) is 1. The van der Waals surface area contributed by atoms with Gasteiger partial charge in [0.05, 0.1) is 18.6 Å². The number of esters is 1. The molecule has 0 spiro atoms. The number of benzene rings is 2. The summed E-state index contributed by atoms with van der Waals surface area (Å²) < 4.78 is 40.1. The first kappa shape index (κ1) is 39.9. The lowest BCUT2D eigenvalue weighted by Crippen LogP contribution is -2.49. The van der Waals surface area contributed by atoms with Crippen molar-refractivity contribution in [2.24, 2.45) is 5.41 Å². The molecule has 0 saturated heterocycles. The predicted octanol–water partition coefficient (Wildman–Crippen LogP) is 4.42. The second-order valence-corrected chi connectivity index (χ2v) is 15.2. The van der Waals surface area contributed by atoms with E-state index in [0.29, 0.717) is 60.5 Å². The van der Waals surface area contributed by atoms with E-state index in [1.165, 1.54) is 0 Å². The number of carbonyl (C=O) groups is 3. The molecule has 3 rings (SSSR count). The number of hydrogen-bond donors (Lipinski definition) is 4. The summed E-state index contributed by atoms with van der Waals surface area (Å²) in [4.78, 5) is 41.9. The molecule has 0 aliphatic carbocycles. The monoisotopic (exact) mass is 709 g/mol. The third kappa shape index (κ3) is 13.1. The van der Waals surface area contributed by atoms with Crippen molar-refractivity contribution in [3.05, 3.63) is 82.5 Å². The van der Waals surface area contributed by atoms with E-state index in [-0.39, 0.29) is 29.4 Å². The Labute approximate surface area is 296 Å². The lowest BCUT2D eigenvalue weighted by molar-refractivity contribution is -0.142.